The van der Waals surface area contributed by atoms with E-state index in [2.05, 4.69) is 26.0 Å². The maximum atomic E-state index is 5.94. The Hall–Kier alpha value is -0.530. The molecule has 2 N–H and O–H groups in total. The highest BCUT2D eigenvalue weighted by Crippen LogP contribution is 2.17. The molecule has 0 amide bonds. The Kier molecular flexibility index (Phi) is 4.95. The van der Waals surface area contributed by atoms with Gasteiger partial charge in [-0.25, -0.2) is 0 Å². The fourth-order valence-electron chi connectivity index (χ4n) is 1.06. The number of hydrogen-bond donors (Lipinski definition) is 1. The second-order valence-electron chi connectivity index (χ2n) is 3.18. The van der Waals surface area contributed by atoms with E-state index in [1.807, 2.05) is 18.2 Å². The van der Waals surface area contributed by atoms with E-state index >= 15 is 0 Å². The molecule has 0 aliphatic carbocycles. The summed E-state index contributed by atoms with van der Waals surface area (Å²) in [7, 11) is 0. The van der Waals surface area contributed by atoms with Crippen LogP contribution >= 0.6 is 12.4 Å². The zero-order valence-electron chi connectivity index (χ0n) is 7.53. The number of halogens is 1. The maximum absolute atomic E-state index is 5.94. The number of rotatable bonds is 2. The Morgan fingerprint density at radius 2 is 1.58 bits per heavy atom. The van der Waals surface area contributed by atoms with Crippen LogP contribution in [-0.2, 0) is 0 Å². The van der Waals surface area contributed by atoms with Crippen LogP contribution in [0.15, 0.2) is 30.3 Å². The zero-order valence-corrected chi connectivity index (χ0v) is 8.34. The van der Waals surface area contributed by atoms with Crippen molar-refractivity contribution in [2.75, 3.05) is 0 Å². The minimum atomic E-state index is 0. The summed E-state index contributed by atoms with van der Waals surface area (Å²) in [5.41, 5.74) is 7.16. The van der Waals surface area contributed by atoms with Crippen molar-refractivity contribution < 1.29 is 0 Å². The van der Waals surface area contributed by atoms with Crippen LogP contribution in [-0.4, -0.2) is 0 Å². The second kappa shape index (κ2) is 5.18. The fraction of sp³-hybridized carbons (Fsp3) is 0.400. The third-order valence-electron chi connectivity index (χ3n) is 1.90. The molecule has 0 aromatic heterocycles. The van der Waals surface area contributed by atoms with Crippen molar-refractivity contribution in [2.45, 2.75) is 19.9 Å². The third-order valence-corrected chi connectivity index (χ3v) is 1.90. The quantitative estimate of drug-likeness (QED) is 0.754. The predicted octanol–water partition coefficient (Wildman–Crippen LogP) is 2.76. The molecule has 1 unspecified atom stereocenters. The maximum Gasteiger partial charge on any atom is 0.0318 e. The third kappa shape index (κ3) is 2.84. The first-order chi connectivity index (χ1) is 5.22. The van der Waals surface area contributed by atoms with Crippen molar-refractivity contribution >= 4 is 12.4 Å². The van der Waals surface area contributed by atoms with Crippen molar-refractivity contribution in [3.05, 3.63) is 35.9 Å². The molecule has 0 heterocycles. The van der Waals surface area contributed by atoms with Crippen LogP contribution in [0.3, 0.4) is 0 Å². The standard InChI is InChI=1S/C10H15N.ClH/c1-8(2)10(11)9-6-4-3-5-7-9;/h3-8,10H,11H2,1-2H3;1H. The molecule has 2 heteroatoms. The van der Waals surface area contributed by atoms with Gasteiger partial charge in [-0.05, 0) is 11.5 Å². The highest BCUT2D eigenvalue weighted by Gasteiger charge is 2.08. The molecule has 1 atom stereocenters. The van der Waals surface area contributed by atoms with Gasteiger partial charge < -0.3 is 5.73 Å². The fourth-order valence-corrected chi connectivity index (χ4v) is 1.06. The van der Waals surface area contributed by atoms with Crippen molar-refractivity contribution in [1.82, 2.24) is 0 Å². The van der Waals surface area contributed by atoms with Gasteiger partial charge >= 0.3 is 0 Å². The van der Waals surface area contributed by atoms with Gasteiger partial charge in [0, 0.05) is 6.04 Å². The molecule has 0 spiro atoms. The molecule has 1 rings (SSSR count). The number of nitrogens with two attached hydrogens (primary N) is 1. The molecule has 0 aliphatic heterocycles. The molecule has 0 aliphatic rings. The molecular formula is C10H16ClN. The smallest absolute Gasteiger partial charge is 0.0318 e. The van der Waals surface area contributed by atoms with Crippen molar-refractivity contribution in [2.24, 2.45) is 11.7 Å². The lowest BCUT2D eigenvalue weighted by molar-refractivity contribution is 0.514. The first kappa shape index (κ1) is 11.5. The number of hydrogen-bond acceptors (Lipinski definition) is 1. The average molecular weight is 186 g/mol. The lowest BCUT2D eigenvalue weighted by Gasteiger charge is -2.15. The van der Waals surface area contributed by atoms with Crippen LogP contribution in [0, 0.1) is 5.92 Å². The molecule has 0 fully saturated rings. The molecule has 1 aromatic rings. The van der Waals surface area contributed by atoms with Crippen molar-refractivity contribution in [3.63, 3.8) is 0 Å². The van der Waals surface area contributed by atoms with Crippen LogP contribution in [0.1, 0.15) is 25.5 Å². The van der Waals surface area contributed by atoms with Crippen LogP contribution in [0.25, 0.3) is 0 Å². The molecule has 0 radical (unpaired) electrons. The lowest BCUT2D eigenvalue weighted by atomic mass is 9.97. The minimum Gasteiger partial charge on any atom is -0.324 e. The predicted molar refractivity (Wildman–Crippen MR) is 55.5 cm³/mol. The van der Waals surface area contributed by atoms with E-state index in [-0.39, 0.29) is 18.4 Å². The Balaban J connectivity index is 0.00000121. The van der Waals surface area contributed by atoms with E-state index in [1.54, 1.807) is 0 Å². The van der Waals surface area contributed by atoms with Gasteiger partial charge in [0.15, 0.2) is 0 Å². The van der Waals surface area contributed by atoms with Gasteiger partial charge in [-0.3, -0.25) is 0 Å². The van der Waals surface area contributed by atoms with E-state index in [4.69, 9.17) is 5.73 Å². The summed E-state index contributed by atoms with van der Waals surface area (Å²) in [6.07, 6.45) is 0. The van der Waals surface area contributed by atoms with Crippen LogP contribution in [0.2, 0.25) is 0 Å². The van der Waals surface area contributed by atoms with Gasteiger partial charge in [0.05, 0.1) is 0 Å². The molecule has 0 saturated heterocycles. The van der Waals surface area contributed by atoms with Gasteiger partial charge in [0.2, 0.25) is 0 Å². The summed E-state index contributed by atoms with van der Waals surface area (Å²) in [5, 5.41) is 0. The highest BCUT2D eigenvalue weighted by molar-refractivity contribution is 5.85. The van der Waals surface area contributed by atoms with Gasteiger partial charge in [-0.2, -0.15) is 0 Å². The molecule has 0 bridgehead atoms. The Morgan fingerprint density at radius 3 is 2.00 bits per heavy atom. The molecule has 0 saturated carbocycles. The molecular weight excluding hydrogens is 170 g/mol. The minimum absolute atomic E-state index is 0. The van der Waals surface area contributed by atoms with Crippen molar-refractivity contribution in [3.8, 4) is 0 Å². The van der Waals surface area contributed by atoms with Gasteiger partial charge in [0.25, 0.3) is 0 Å². The van der Waals surface area contributed by atoms with E-state index in [9.17, 15) is 0 Å². The first-order valence-corrected chi connectivity index (χ1v) is 4.02. The molecule has 12 heavy (non-hydrogen) atoms. The Labute approximate surface area is 80.4 Å². The first-order valence-electron chi connectivity index (χ1n) is 4.02. The van der Waals surface area contributed by atoms with E-state index in [0.717, 1.165) is 0 Å². The SMILES string of the molecule is CC(C)C(N)c1ccccc1.Cl. The average Bonchev–Trinajstić information content (AvgIpc) is 2.05. The molecule has 1 aromatic carbocycles. The van der Waals surface area contributed by atoms with Crippen LogP contribution in [0.5, 0.6) is 0 Å². The topological polar surface area (TPSA) is 26.0 Å². The summed E-state index contributed by atoms with van der Waals surface area (Å²) >= 11 is 0. The monoisotopic (exact) mass is 185 g/mol. The normalized spacial score (nSPS) is 12.3. The van der Waals surface area contributed by atoms with Crippen molar-refractivity contribution in [1.29, 1.82) is 0 Å². The summed E-state index contributed by atoms with van der Waals surface area (Å²) in [4.78, 5) is 0. The lowest BCUT2D eigenvalue weighted by Crippen LogP contribution is -2.16. The summed E-state index contributed by atoms with van der Waals surface area (Å²) < 4.78 is 0. The Bertz CT molecular complexity index is 208. The largest absolute Gasteiger partial charge is 0.324 e. The summed E-state index contributed by atoms with van der Waals surface area (Å²) in [6.45, 7) is 4.27. The number of benzene rings is 1. The van der Waals surface area contributed by atoms with Gasteiger partial charge in [-0.1, -0.05) is 44.2 Å². The van der Waals surface area contributed by atoms with Gasteiger partial charge in [-0.15, -0.1) is 12.4 Å². The van der Waals surface area contributed by atoms with Gasteiger partial charge in [0.1, 0.15) is 0 Å². The highest BCUT2D eigenvalue weighted by atomic mass is 35.5. The van der Waals surface area contributed by atoms with E-state index in [0.29, 0.717) is 5.92 Å². The van der Waals surface area contributed by atoms with Crippen LogP contribution < -0.4 is 5.73 Å². The molecule has 1 nitrogen and oxygen atoms in total. The van der Waals surface area contributed by atoms with E-state index in [1.165, 1.54) is 5.56 Å². The van der Waals surface area contributed by atoms with Crippen LogP contribution in [0.4, 0.5) is 0 Å². The zero-order chi connectivity index (χ0) is 8.27. The second-order valence-corrected chi connectivity index (χ2v) is 3.18. The molecule has 68 valence electrons. The summed E-state index contributed by atoms with van der Waals surface area (Å²) in [6, 6.07) is 10.4. The van der Waals surface area contributed by atoms with E-state index < -0.39 is 0 Å². The Morgan fingerprint density at radius 1 is 1.08 bits per heavy atom. The summed E-state index contributed by atoms with van der Waals surface area (Å²) in [5.74, 6) is 0.511.